The van der Waals surface area contributed by atoms with E-state index in [1.54, 1.807) is 0 Å². The molecule has 0 amide bonds. The molecule has 4 nitrogen and oxygen atoms in total. The van der Waals surface area contributed by atoms with Crippen LogP contribution in [0, 0.1) is 6.92 Å². The number of hydrogen-bond donors (Lipinski definition) is 0. The van der Waals surface area contributed by atoms with Gasteiger partial charge in [-0.2, -0.15) is 4.98 Å². The number of rotatable bonds is 3. The van der Waals surface area contributed by atoms with Crippen LogP contribution in [0.4, 0.5) is 5.95 Å². The zero-order chi connectivity index (χ0) is 11.5. The smallest absolute Gasteiger partial charge is 0.228 e. The largest absolute Gasteiger partial charge is 0.474 e. The quantitative estimate of drug-likeness (QED) is 0.784. The second-order valence-corrected chi connectivity index (χ2v) is 4.57. The molecular formula is C12H19N3O. The van der Waals surface area contributed by atoms with E-state index >= 15 is 0 Å². The van der Waals surface area contributed by atoms with Gasteiger partial charge in [-0.05, 0) is 32.6 Å². The Labute approximate surface area is 96.7 Å². The molecular weight excluding hydrogens is 202 g/mol. The normalized spacial score (nSPS) is 16.4. The molecule has 0 atom stereocenters. The third-order valence-electron chi connectivity index (χ3n) is 2.81. The fourth-order valence-corrected chi connectivity index (χ4v) is 1.96. The molecule has 1 aliphatic carbocycles. The van der Waals surface area contributed by atoms with Gasteiger partial charge < -0.3 is 9.64 Å². The van der Waals surface area contributed by atoms with Crippen molar-refractivity contribution in [1.82, 2.24) is 9.97 Å². The van der Waals surface area contributed by atoms with Crippen molar-refractivity contribution in [3.63, 3.8) is 0 Å². The van der Waals surface area contributed by atoms with E-state index in [1.165, 1.54) is 12.8 Å². The van der Waals surface area contributed by atoms with Crippen LogP contribution in [0.25, 0.3) is 0 Å². The van der Waals surface area contributed by atoms with Crippen molar-refractivity contribution in [3.05, 3.63) is 11.8 Å². The Morgan fingerprint density at radius 1 is 1.25 bits per heavy atom. The van der Waals surface area contributed by atoms with E-state index in [9.17, 15) is 0 Å². The minimum absolute atomic E-state index is 0.351. The molecule has 0 bridgehead atoms. The van der Waals surface area contributed by atoms with E-state index in [-0.39, 0.29) is 0 Å². The molecule has 0 unspecified atom stereocenters. The first kappa shape index (κ1) is 11.2. The Bertz CT molecular complexity index is 359. The molecule has 88 valence electrons. The molecule has 0 N–H and O–H groups in total. The second kappa shape index (κ2) is 4.68. The molecule has 1 aromatic heterocycles. The summed E-state index contributed by atoms with van der Waals surface area (Å²) in [6.45, 7) is 1.97. The molecule has 1 heterocycles. The molecule has 16 heavy (non-hydrogen) atoms. The van der Waals surface area contributed by atoms with Gasteiger partial charge in [0, 0.05) is 25.9 Å². The number of hydrogen-bond acceptors (Lipinski definition) is 4. The van der Waals surface area contributed by atoms with Gasteiger partial charge in [-0.25, -0.2) is 4.98 Å². The summed E-state index contributed by atoms with van der Waals surface area (Å²) < 4.78 is 5.87. The van der Waals surface area contributed by atoms with Crippen LogP contribution in [0.2, 0.25) is 0 Å². The van der Waals surface area contributed by atoms with Crippen LogP contribution in [-0.4, -0.2) is 30.2 Å². The van der Waals surface area contributed by atoms with Crippen LogP contribution in [0.3, 0.4) is 0 Å². The van der Waals surface area contributed by atoms with Crippen molar-refractivity contribution in [2.45, 2.75) is 38.7 Å². The van der Waals surface area contributed by atoms with Crippen molar-refractivity contribution >= 4 is 5.95 Å². The van der Waals surface area contributed by atoms with Crippen LogP contribution >= 0.6 is 0 Å². The number of anilines is 1. The number of aromatic nitrogens is 2. The van der Waals surface area contributed by atoms with Gasteiger partial charge >= 0.3 is 0 Å². The van der Waals surface area contributed by atoms with E-state index in [1.807, 2.05) is 32.0 Å². The van der Waals surface area contributed by atoms with Crippen LogP contribution in [0.5, 0.6) is 5.88 Å². The maximum Gasteiger partial charge on any atom is 0.228 e. The van der Waals surface area contributed by atoms with Gasteiger partial charge in [-0.1, -0.05) is 0 Å². The summed E-state index contributed by atoms with van der Waals surface area (Å²) in [6, 6.07) is 1.91. The van der Waals surface area contributed by atoms with Gasteiger partial charge in [0.1, 0.15) is 6.10 Å². The Morgan fingerprint density at radius 2 is 1.94 bits per heavy atom. The van der Waals surface area contributed by atoms with Crippen molar-refractivity contribution in [2.75, 3.05) is 19.0 Å². The summed E-state index contributed by atoms with van der Waals surface area (Å²) in [5.74, 6) is 1.43. The number of nitrogens with zero attached hydrogens (tertiary/aromatic N) is 3. The van der Waals surface area contributed by atoms with Gasteiger partial charge in [0.15, 0.2) is 0 Å². The summed E-state index contributed by atoms with van der Waals surface area (Å²) in [7, 11) is 3.88. The minimum atomic E-state index is 0.351. The molecule has 0 saturated heterocycles. The Kier molecular flexibility index (Phi) is 3.27. The first-order valence-electron chi connectivity index (χ1n) is 5.85. The van der Waals surface area contributed by atoms with E-state index in [2.05, 4.69) is 9.97 Å². The maximum absolute atomic E-state index is 5.87. The lowest BCUT2D eigenvalue weighted by atomic mass is 10.3. The topological polar surface area (TPSA) is 38.2 Å². The predicted molar refractivity (Wildman–Crippen MR) is 64.0 cm³/mol. The summed E-state index contributed by atoms with van der Waals surface area (Å²) in [6.07, 6.45) is 5.20. The van der Waals surface area contributed by atoms with Crippen LogP contribution in [-0.2, 0) is 0 Å². The molecule has 0 aliphatic heterocycles. The van der Waals surface area contributed by atoms with Crippen molar-refractivity contribution in [1.29, 1.82) is 0 Å². The van der Waals surface area contributed by atoms with Gasteiger partial charge in [0.2, 0.25) is 11.8 Å². The first-order chi connectivity index (χ1) is 7.65. The van der Waals surface area contributed by atoms with Crippen LogP contribution < -0.4 is 9.64 Å². The average molecular weight is 221 g/mol. The van der Waals surface area contributed by atoms with Gasteiger partial charge in [-0.15, -0.1) is 0 Å². The number of ether oxygens (including phenoxy) is 1. The monoisotopic (exact) mass is 221 g/mol. The summed E-state index contributed by atoms with van der Waals surface area (Å²) >= 11 is 0. The lowest BCUT2D eigenvalue weighted by Gasteiger charge is -2.15. The first-order valence-corrected chi connectivity index (χ1v) is 5.85. The fourth-order valence-electron chi connectivity index (χ4n) is 1.96. The fraction of sp³-hybridized carbons (Fsp3) is 0.667. The molecule has 2 rings (SSSR count). The van der Waals surface area contributed by atoms with Crippen LogP contribution in [0.1, 0.15) is 31.4 Å². The zero-order valence-electron chi connectivity index (χ0n) is 10.2. The molecule has 4 heteroatoms. The lowest BCUT2D eigenvalue weighted by Crippen LogP contribution is -2.16. The molecule has 1 fully saturated rings. The standard InChI is InChI=1S/C12H19N3O/c1-9-8-11(14-12(13-9)15(2)3)16-10-6-4-5-7-10/h8,10H,4-7H2,1-3H3. The second-order valence-electron chi connectivity index (χ2n) is 4.57. The highest BCUT2D eigenvalue weighted by molar-refractivity contribution is 5.32. The molecule has 0 radical (unpaired) electrons. The van der Waals surface area contributed by atoms with Crippen molar-refractivity contribution in [2.24, 2.45) is 0 Å². The van der Waals surface area contributed by atoms with Crippen molar-refractivity contribution in [3.8, 4) is 5.88 Å². The number of aryl methyl sites for hydroxylation is 1. The zero-order valence-corrected chi connectivity index (χ0v) is 10.2. The summed E-state index contributed by atoms with van der Waals surface area (Å²) in [4.78, 5) is 10.6. The Morgan fingerprint density at radius 3 is 2.56 bits per heavy atom. The molecule has 1 aliphatic rings. The van der Waals surface area contributed by atoms with E-state index in [4.69, 9.17) is 4.74 Å². The van der Waals surface area contributed by atoms with E-state index < -0.39 is 0 Å². The van der Waals surface area contributed by atoms with Crippen LogP contribution in [0.15, 0.2) is 6.07 Å². The highest BCUT2D eigenvalue weighted by Crippen LogP contribution is 2.24. The molecule has 1 saturated carbocycles. The summed E-state index contributed by atoms with van der Waals surface area (Å²) in [5, 5.41) is 0. The molecule has 0 spiro atoms. The Hall–Kier alpha value is -1.32. The average Bonchev–Trinajstić information content (AvgIpc) is 2.69. The van der Waals surface area contributed by atoms with E-state index in [0.717, 1.165) is 18.5 Å². The SMILES string of the molecule is Cc1cc(OC2CCCC2)nc(N(C)C)n1. The third kappa shape index (κ3) is 2.62. The highest BCUT2D eigenvalue weighted by Gasteiger charge is 2.17. The highest BCUT2D eigenvalue weighted by atomic mass is 16.5. The van der Waals surface area contributed by atoms with Gasteiger partial charge in [0.25, 0.3) is 0 Å². The molecule has 0 aromatic carbocycles. The van der Waals surface area contributed by atoms with Gasteiger partial charge in [-0.3, -0.25) is 0 Å². The maximum atomic E-state index is 5.87. The predicted octanol–water partition coefficient (Wildman–Crippen LogP) is 2.17. The minimum Gasteiger partial charge on any atom is -0.474 e. The van der Waals surface area contributed by atoms with Crippen molar-refractivity contribution < 1.29 is 4.74 Å². The van der Waals surface area contributed by atoms with Gasteiger partial charge in [0.05, 0.1) is 0 Å². The summed E-state index contributed by atoms with van der Waals surface area (Å²) in [5.41, 5.74) is 0.951. The third-order valence-corrected chi connectivity index (χ3v) is 2.81. The lowest BCUT2D eigenvalue weighted by molar-refractivity contribution is 0.201. The molecule has 1 aromatic rings. The Balaban J connectivity index is 2.13. The van der Waals surface area contributed by atoms with E-state index in [0.29, 0.717) is 17.9 Å².